The maximum Gasteiger partial charge on any atom is 0.516 e. The predicted octanol–water partition coefficient (Wildman–Crippen LogP) is 1.82. The molecule has 19 heavy (non-hydrogen) atoms. The zero-order chi connectivity index (χ0) is 14.7. The molecule has 0 radical (unpaired) electrons. The fourth-order valence-corrected chi connectivity index (χ4v) is 2.29. The Labute approximate surface area is 107 Å². The second-order valence-electron chi connectivity index (χ2n) is 3.50. The summed E-state index contributed by atoms with van der Waals surface area (Å²) in [6, 6.07) is 6.53. The van der Waals surface area contributed by atoms with Crippen LogP contribution in [-0.4, -0.2) is 31.5 Å². The minimum atomic E-state index is -5.62. The van der Waals surface area contributed by atoms with Crippen LogP contribution in [0.4, 0.5) is 18.9 Å². The Morgan fingerprint density at radius 2 is 1.74 bits per heavy atom. The minimum absolute atomic E-state index is 0.0428. The fraction of sp³-hybridized carbons (Fsp3) is 0.300. The quantitative estimate of drug-likeness (QED) is 0.899. The summed E-state index contributed by atoms with van der Waals surface area (Å²) in [5.41, 5.74) is -5.72. The molecular formula is C10H10F3NO4S. The topological polar surface area (TPSA) is 74.7 Å². The Bertz CT molecular complexity index is 542. The predicted molar refractivity (Wildman–Crippen MR) is 61.0 cm³/mol. The van der Waals surface area contributed by atoms with E-state index in [1.54, 1.807) is 0 Å². The highest BCUT2D eigenvalue weighted by molar-refractivity contribution is 7.93. The largest absolute Gasteiger partial charge is 0.516 e. The Morgan fingerprint density at radius 1 is 1.21 bits per heavy atom. The summed E-state index contributed by atoms with van der Waals surface area (Å²) in [7, 11) is -5.62. The number of alkyl halides is 3. The molecule has 0 bridgehead atoms. The summed E-state index contributed by atoms with van der Waals surface area (Å²) in [4.78, 5) is 10.4. The molecule has 0 aromatic heterocycles. The van der Waals surface area contributed by atoms with Crippen LogP contribution in [0, 0.1) is 0 Å². The average Bonchev–Trinajstić information content (AvgIpc) is 2.28. The lowest BCUT2D eigenvalue weighted by Crippen LogP contribution is -2.42. The molecule has 0 heterocycles. The average molecular weight is 297 g/mol. The van der Waals surface area contributed by atoms with Crippen LogP contribution in [0.2, 0.25) is 0 Å². The van der Waals surface area contributed by atoms with Crippen LogP contribution in [0.15, 0.2) is 30.3 Å². The molecule has 0 fully saturated rings. The second-order valence-corrected chi connectivity index (χ2v) is 5.36. The number of hydrogen-bond donors (Lipinski definition) is 1. The number of hydrogen-bond acceptors (Lipinski definition) is 3. The van der Waals surface area contributed by atoms with Gasteiger partial charge < -0.3 is 5.11 Å². The number of halogens is 3. The first-order valence-corrected chi connectivity index (χ1v) is 6.46. The van der Waals surface area contributed by atoms with Gasteiger partial charge in [0.25, 0.3) is 0 Å². The van der Waals surface area contributed by atoms with Crippen LogP contribution in [-0.2, 0) is 14.8 Å². The van der Waals surface area contributed by atoms with Crippen molar-refractivity contribution < 1.29 is 31.5 Å². The molecule has 5 nitrogen and oxygen atoms in total. The van der Waals surface area contributed by atoms with Gasteiger partial charge in [-0.2, -0.15) is 21.6 Å². The van der Waals surface area contributed by atoms with Crippen LogP contribution in [0.1, 0.15) is 6.42 Å². The van der Waals surface area contributed by atoms with E-state index in [9.17, 15) is 26.4 Å². The van der Waals surface area contributed by atoms with Crippen molar-refractivity contribution >= 4 is 21.7 Å². The number of rotatable bonds is 5. The molecule has 106 valence electrons. The number of aliphatic carboxylic acids is 1. The summed E-state index contributed by atoms with van der Waals surface area (Å²) in [6.07, 6.45) is -0.732. The number of carboxylic acids is 1. The first kappa shape index (κ1) is 15.3. The summed E-state index contributed by atoms with van der Waals surface area (Å²) in [6.45, 7) is -0.790. The standard InChI is InChI=1S/C10H10F3NO4S/c11-10(12,13)19(17,18)14(7-6-9(15)16)8-4-2-1-3-5-8/h1-5H,6-7H2,(H,15,16). The molecule has 0 spiro atoms. The van der Waals surface area contributed by atoms with Gasteiger partial charge in [-0.15, -0.1) is 0 Å². The molecular weight excluding hydrogens is 287 g/mol. The van der Waals surface area contributed by atoms with E-state index >= 15 is 0 Å². The summed E-state index contributed by atoms with van der Waals surface area (Å²) in [5.74, 6) is -1.39. The van der Waals surface area contributed by atoms with Crippen molar-refractivity contribution in [3.05, 3.63) is 30.3 Å². The lowest BCUT2D eigenvalue weighted by molar-refractivity contribution is -0.136. The first-order chi connectivity index (χ1) is 8.66. The number of carbonyl (C=O) groups is 1. The minimum Gasteiger partial charge on any atom is -0.481 e. The molecule has 0 amide bonds. The Kier molecular flexibility index (Phi) is 4.40. The van der Waals surface area contributed by atoms with E-state index in [2.05, 4.69) is 0 Å². The molecule has 9 heteroatoms. The van der Waals surface area contributed by atoms with E-state index in [1.807, 2.05) is 0 Å². The van der Waals surface area contributed by atoms with Crippen molar-refractivity contribution in [3.63, 3.8) is 0 Å². The van der Waals surface area contributed by atoms with E-state index in [-0.39, 0.29) is 9.99 Å². The third kappa shape index (κ3) is 3.60. The van der Waals surface area contributed by atoms with Crippen molar-refractivity contribution in [1.82, 2.24) is 0 Å². The maximum atomic E-state index is 12.5. The second kappa shape index (κ2) is 5.47. The van der Waals surface area contributed by atoms with E-state index < -0.39 is 34.5 Å². The summed E-state index contributed by atoms with van der Waals surface area (Å²) < 4.78 is 60.3. The van der Waals surface area contributed by atoms with Gasteiger partial charge in [0.2, 0.25) is 0 Å². The molecule has 0 aliphatic rings. The highest BCUT2D eigenvalue weighted by Gasteiger charge is 2.50. The zero-order valence-corrected chi connectivity index (χ0v) is 10.3. The monoisotopic (exact) mass is 297 g/mol. The fourth-order valence-electron chi connectivity index (χ4n) is 1.30. The third-order valence-electron chi connectivity index (χ3n) is 2.16. The van der Waals surface area contributed by atoms with E-state index in [1.165, 1.54) is 18.2 Å². The lowest BCUT2D eigenvalue weighted by atomic mass is 10.3. The number of para-hydroxylation sites is 1. The molecule has 0 aliphatic carbocycles. The molecule has 1 aromatic rings. The van der Waals surface area contributed by atoms with Gasteiger partial charge in [-0.1, -0.05) is 18.2 Å². The van der Waals surface area contributed by atoms with Gasteiger partial charge in [-0.05, 0) is 12.1 Å². The van der Waals surface area contributed by atoms with Crippen molar-refractivity contribution in [1.29, 1.82) is 0 Å². The van der Waals surface area contributed by atoms with Crippen LogP contribution >= 0.6 is 0 Å². The normalized spacial score (nSPS) is 12.2. The van der Waals surface area contributed by atoms with Crippen LogP contribution in [0.25, 0.3) is 0 Å². The van der Waals surface area contributed by atoms with E-state index in [0.29, 0.717) is 0 Å². The van der Waals surface area contributed by atoms with Crippen molar-refractivity contribution in [2.75, 3.05) is 10.8 Å². The Balaban J connectivity index is 3.18. The van der Waals surface area contributed by atoms with Crippen molar-refractivity contribution in [3.8, 4) is 0 Å². The molecule has 1 aromatic carbocycles. The van der Waals surface area contributed by atoms with Gasteiger partial charge >= 0.3 is 21.5 Å². The Morgan fingerprint density at radius 3 is 2.16 bits per heavy atom. The Hall–Kier alpha value is -1.77. The highest BCUT2D eigenvalue weighted by Crippen LogP contribution is 2.30. The number of sulfonamides is 1. The number of benzene rings is 1. The molecule has 0 saturated carbocycles. The summed E-state index contributed by atoms with van der Waals surface area (Å²) in [5, 5.41) is 8.48. The van der Waals surface area contributed by atoms with Crippen LogP contribution < -0.4 is 4.31 Å². The van der Waals surface area contributed by atoms with Gasteiger partial charge in [0.1, 0.15) is 0 Å². The molecule has 0 atom stereocenters. The molecule has 1 N–H and O–H groups in total. The number of anilines is 1. The molecule has 0 unspecified atom stereocenters. The number of nitrogens with zero attached hydrogens (tertiary/aromatic N) is 1. The third-order valence-corrected chi connectivity index (χ3v) is 3.71. The molecule has 0 aliphatic heterocycles. The summed E-state index contributed by atoms with van der Waals surface area (Å²) >= 11 is 0. The first-order valence-electron chi connectivity index (χ1n) is 5.02. The van der Waals surface area contributed by atoms with Gasteiger partial charge in [-0.25, -0.2) is 0 Å². The van der Waals surface area contributed by atoms with Crippen molar-refractivity contribution in [2.45, 2.75) is 11.9 Å². The van der Waals surface area contributed by atoms with Gasteiger partial charge in [0.05, 0.1) is 12.1 Å². The lowest BCUT2D eigenvalue weighted by Gasteiger charge is -2.24. The van der Waals surface area contributed by atoms with Gasteiger partial charge in [0.15, 0.2) is 0 Å². The van der Waals surface area contributed by atoms with Gasteiger partial charge in [-0.3, -0.25) is 9.10 Å². The van der Waals surface area contributed by atoms with Crippen molar-refractivity contribution in [2.24, 2.45) is 0 Å². The zero-order valence-electron chi connectivity index (χ0n) is 9.46. The highest BCUT2D eigenvalue weighted by atomic mass is 32.2. The van der Waals surface area contributed by atoms with E-state index in [4.69, 9.17) is 5.11 Å². The van der Waals surface area contributed by atoms with Crippen LogP contribution in [0.5, 0.6) is 0 Å². The maximum absolute atomic E-state index is 12.5. The number of carboxylic acid groups (broad SMARTS) is 1. The van der Waals surface area contributed by atoms with E-state index in [0.717, 1.165) is 12.1 Å². The molecule has 0 saturated heterocycles. The molecule has 1 rings (SSSR count). The van der Waals surface area contributed by atoms with Gasteiger partial charge in [0, 0.05) is 6.54 Å². The SMILES string of the molecule is O=C(O)CCN(c1ccccc1)S(=O)(=O)C(F)(F)F. The van der Waals surface area contributed by atoms with Crippen LogP contribution in [0.3, 0.4) is 0 Å². The smallest absolute Gasteiger partial charge is 0.481 e.